The van der Waals surface area contributed by atoms with E-state index in [1.54, 1.807) is 24.3 Å². The van der Waals surface area contributed by atoms with Crippen molar-refractivity contribution in [2.24, 2.45) is 0 Å². The van der Waals surface area contributed by atoms with E-state index in [2.05, 4.69) is 13.0 Å². The van der Waals surface area contributed by atoms with Crippen molar-refractivity contribution in [3.05, 3.63) is 71.9 Å². The topological polar surface area (TPSA) is 166 Å². The third-order valence-electron chi connectivity index (χ3n) is 6.56. The Morgan fingerprint density at radius 2 is 1.92 bits per heavy atom. The molecule has 1 spiro atoms. The van der Waals surface area contributed by atoms with Crippen LogP contribution in [0.5, 0.6) is 11.5 Å². The highest BCUT2D eigenvalue weighted by atomic mass is 16.7. The molecule has 6 N–H and O–H groups in total. The van der Waals surface area contributed by atoms with Crippen LogP contribution in [0.25, 0.3) is 0 Å². The number of carbonyl (C=O) groups is 1. The number of unbranched alkanes of at least 4 members (excludes halogenated alkanes) is 3. The first kappa shape index (κ1) is 30.6. The SMILES string of the molecule is CCCCC/C=C/C=C/[C@@H](O)C/C=C/C=C/C(=O)O[C@H]1[C@H](O)[C@@H](CO)O[C@]2(OCc3cc(O)cc(O)c32)[C@@H]1O. The van der Waals surface area contributed by atoms with E-state index in [0.29, 0.717) is 12.0 Å². The molecule has 0 unspecified atom stereocenters. The van der Waals surface area contributed by atoms with Gasteiger partial charge in [0, 0.05) is 12.1 Å². The van der Waals surface area contributed by atoms with Gasteiger partial charge in [-0.1, -0.05) is 62.3 Å². The molecule has 39 heavy (non-hydrogen) atoms. The van der Waals surface area contributed by atoms with Gasteiger partial charge in [0.15, 0.2) is 12.2 Å². The molecule has 1 fully saturated rings. The standard InChI is InChI=1S/C29H38O10/c1-2-3-4-5-6-7-9-12-20(31)13-10-8-11-14-24(34)38-27-26(35)23(17-30)39-29(28(27)36)25-19(18-37-29)15-21(32)16-22(25)33/h6-12,14-16,20,23,26-28,30-33,35-36H,2-5,13,17-18H2,1H3/b7-6+,10-8+,12-9+,14-11+/t20-,23-,26-,27+,28-,29+/m1/s1. The van der Waals surface area contributed by atoms with Crippen molar-refractivity contribution in [1.82, 2.24) is 0 Å². The van der Waals surface area contributed by atoms with Crippen molar-refractivity contribution >= 4 is 5.97 Å². The van der Waals surface area contributed by atoms with E-state index in [9.17, 15) is 35.4 Å². The van der Waals surface area contributed by atoms with Crippen molar-refractivity contribution in [3.8, 4) is 11.5 Å². The number of aliphatic hydroxyl groups excluding tert-OH is 4. The van der Waals surface area contributed by atoms with Gasteiger partial charge in [0.05, 0.1) is 24.9 Å². The highest BCUT2D eigenvalue weighted by Gasteiger charge is 2.61. The lowest BCUT2D eigenvalue weighted by Crippen LogP contribution is -2.64. The predicted molar refractivity (Wildman–Crippen MR) is 141 cm³/mol. The van der Waals surface area contributed by atoms with Gasteiger partial charge in [0.25, 0.3) is 0 Å². The monoisotopic (exact) mass is 546 g/mol. The van der Waals surface area contributed by atoms with Gasteiger partial charge in [0.2, 0.25) is 5.79 Å². The molecule has 2 aliphatic rings. The summed E-state index contributed by atoms with van der Waals surface area (Å²) < 4.78 is 16.7. The van der Waals surface area contributed by atoms with Gasteiger partial charge < -0.3 is 44.8 Å². The molecule has 0 aliphatic carbocycles. The molecule has 0 amide bonds. The second-order valence-corrected chi connectivity index (χ2v) is 9.53. The molecule has 0 radical (unpaired) electrons. The highest BCUT2D eigenvalue weighted by molar-refractivity contribution is 5.82. The number of allylic oxidation sites excluding steroid dienone is 5. The van der Waals surface area contributed by atoms with Crippen LogP contribution in [-0.4, -0.2) is 73.7 Å². The number of rotatable bonds is 12. The minimum atomic E-state index is -2.04. The van der Waals surface area contributed by atoms with Crippen molar-refractivity contribution in [1.29, 1.82) is 0 Å². The van der Waals surface area contributed by atoms with Crippen molar-refractivity contribution in [3.63, 3.8) is 0 Å². The fraction of sp³-hybridized carbons (Fsp3) is 0.483. The number of fused-ring (bicyclic) bond motifs is 2. The molecule has 1 aromatic carbocycles. The number of ether oxygens (including phenoxy) is 3. The Bertz CT molecular complexity index is 1080. The van der Waals surface area contributed by atoms with Crippen LogP contribution < -0.4 is 0 Å². The van der Waals surface area contributed by atoms with Crippen LogP contribution >= 0.6 is 0 Å². The van der Waals surface area contributed by atoms with E-state index in [4.69, 9.17) is 14.2 Å². The van der Waals surface area contributed by atoms with Crippen LogP contribution in [0.15, 0.2) is 60.7 Å². The van der Waals surface area contributed by atoms with Gasteiger partial charge in [-0.05, 0) is 30.9 Å². The number of hydrogen-bond donors (Lipinski definition) is 6. The van der Waals surface area contributed by atoms with Gasteiger partial charge in [0.1, 0.15) is 23.7 Å². The average Bonchev–Trinajstić information content (AvgIpc) is 3.27. The lowest BCUT2D eigenvalue weighted by Gasteiger charge is -2.47. The van der Waals surface area contributed by atoms with Crippen LogP contribution in [0, 0.1) is 0 Å². The fourth-order valence-corrected chi connectivity index (χ4v) is 4.59. The Kier molecular flexibility index (Phi) is 11.3. The molecule has 2 aliphatic heterocycles. The van der Waals surface area contributed by atoms with Crippen LogP contribution in [0.3, 0.4) is 0 Å². The third-order valence-corrected chi connectivity index (χ3v) is 6.56. The first-order valence-electron chi connectivity index (χ1n) is 13.1. The summed E-state index contributed by atoms with van der Waals surface area (Å²) in [6, 6.07) is 2.37. The van der Waals surface area contributed by atoms with Gasteiger partial charge in [-0.25, -0.2) is 4.79 Å². The van der Waals surface area contributed by atoms with Crippen molar-refractivity contribution in [2.45, 2.75) is 81.9 Å². The fourth-order valence-electron chi connectivity index (χ4n) is 4.59. The first-order chi connectivity index (χ1) is 18.7. The molecule has 0 saturated carbocycles. The average molecular weight is 547 g/mol. The summed E-state index contributed by atoms with van der Waals surface area (Å²) in [6.45, 7) is 1.32. The summed E-state index contributed by atoms with van der Waals surface area (Å²) in [5, 5.41) is 61.7. The number of phenols is 2. The molecule has 0 bridgehead atoms. The first-order valence-corrected chi connectivity index (χ1v) is 13.1. The second kappa shape index (κ2) is 14.4. The summed E-state index contributed by atoms with van der Waals surface area (Å²) in [7, 11) is 0. The number of carbonyl (C=O) groups excluding carboxylic acids is 1. The predicted octanol–water partition coefficient (Wildman–Crippen LogP) is 2.36. The zero-order chi connectivity index (χ0) is 28.4. The molecule has 0 aromatic heterocycles. The number of aromatic hydroxyl groups is 2. The number of benzene rings is 1. The number of esters is 1. The minimum absolute atomic E-state index is 0.0114. The number of aliphatic hydroxyl groups is 4. The summed E-state index contributed by atoms with van der Waals surface area (Å²) in [5.74, 6) is -3.58. The van der Waals surface area contributed by atoms with Crippen LogP contribution in [0.1, 0.15) is 50.2 Å². The Morgan fingerprint density at radius 1 is 1.15 bits per heavy atom. The molecule has 6 atom stereocenters. The minimum Gasteiger partial charge on any atom is -0.508 e. The zero-order valence-corrected chi connectivity index (χ0v) is 21.9. The van der Waals surface area contributed by atoms with Crippen molar-refractivity contribution < 1.29 is 49.6 Å². The molecule has 1 aromatic rings. The molecule has 1 saturated heterocycles. The van der Waals surface area contributed by atoms with Crippen LogP contribution in [0.2, 0.25) is 0 Å². The largest absolute Gasteiger partial charge is 0.508 e. The van der Waals surface area contributed by atoms with Crippen LogP contribution in [-0.2, 0) is 31.4 Å². The van der Waals surface area contributed by atoms with Gasteiger partial charge in [-0.2, -0.15) is 0 Å². The van der Waals surface area contributed by atoms with Crippen LogP contribution in [0.4, 0.5) is 0 Å². The third kappa shape index (κ3) is 7.57. The normalized spacial score (nSPS) is 27.8. The lowest BCUT2D eigenvalue weighted by atomic mass is 9.87. The summed E-state index contributed by atoms with van der Waals surface area (Å²) in [5.41, 5.74) is 0.340. The maximum Gasteiger partial charge on any atom is 0.331 e. The molecule has 3 rings (SSSR count). The summed E-state index contributed by atoms with van der Waals surface area (Å²) in [4.78, 5) is 12.5. The second-order valence-electron chi connectivity index (χ2n) is 9.53. The van der Waals surface area contributed by atoms with E-state index in [1.165, 1.54) is 25.0 Å². The van der Waals surface area contributed by atoms with Gasteiger partial charge >= 0.3 is 5.97 Å². The number of phenolic OH excluding ortho intramolecular Hbond substituents is 2. The maximum absolute atomic E-state index is 12.5. The molecule has 2 heterocycles. The molecular formula is C29H38O10. The van der Waals surface area contributed by atoms with E-state index in [0.717, 1.165) is 25.0 Å². The van der Waals surface area contributed by atoms with E-state index in [-0.39, 0.29) is 17.9 Å². The Morgan fingerprint density at radius 3 is 2.67 bits per heavy atom. The Labute approximate surface area is 227 Å². The molecule has 10 nitrogen and oxygen atoms in total. The maximum atomic E-state index is 12.5. The quantitative estimate of drug-likeness (QED) is 0.0992. The molecule has 214 valence electrons. The lowest BCUT2D eigenvalue weighted by molar-refractivity contribution is -0.369. The highest BCUT2D eigenvalue weighted by Crippen LogP contribution is 2.50. The number of hydrogen-bond acceptors (Lipinski definition) is 10. The van der Waals surface area contributed by atoms with E-state index in [1.807, 2.05) is 6.08 Å². The molecule has 10 heteroatoms. The van der Waals surface area contributed by atoms with E-state index < -0.39 is 54.6 Å². The Hall–Kier alpha value is -2.99. The smallest absolute Gasteiger partial charge is 0.331 e. The van der Waals surface area contributed by atoms with Gasteiger partial charge in [-0.3, -0.25) is 0 Å². The zero-order valence-electron chi connectivity index (χ0n) is 21.9. The van der Waals surface area contributed by atoms with Crippen molar-refractivity contribution in [2.75, 3.05) is 6.61 Å². The van der Waals surface area contributed by atoms with Gasteiger partial charge in [-0.15, -0.1) is 0 Å². The van der Waals surface area contributed by atoms with E-state index >= 15 is 0 Å². The Balaban J connectivity index is 1.59. The summed E-state index contributed by atoms with van der Waals surface area (Å²) >= 11 is 0. The molecular weight excluding hydrogens is 508 g/mol. The summed E-state index contributed by atoms with van der Waals surface area (Å²) in [6.07, 6.45) is 11.0.